The van der Waals surface area contributed by atoms with Gasteiger partial charge in [0.1, 0.15) is 6.04 Å². The maximum absolute atomic E-state index is 13.6. The van der Waals surface area contributed by atoms with E-state index in [-0.39, 0.29) is 24.3 Å². The van der Waals surface area contributed by atoms with Gasteiger partial charge in [0.25, 0.3) is 5.91 Å². The summed E-state index contributed by atoms with van der Waals surface area (Å²) in [5.41, 5.74) is 2.33. The summed E-state index contributed by atoms with van der Waals surface area (Å²) in [5.74, 6) is -1.15. The summed E-state index contributed by atoms with van der Waals surface area (Å²) >= 11 is 0. The number of ether oxygens (including phenoxy) is 1. The number of carbonyl (C=O) groups excluding carboxylic acids is 3. The highest BCUT2D eigenvalue weighted by Crippen LogP contribution is 2.29. The lowest BCUT2D eigenvalue weighted by molar-refractivity contribution is -0.126. The van der Waals surface area contributed by atoms with Crippen LogP contribution in [0.1, 0.15) is 47.5 Å². The number of nitrogens with zero attached hydrogens (tertiary/aromatic N) is 1. The van der Waals surface area contributed by atoms with Crippen LogP contribution in [0.3, 0.4) is 0 Å². The summed E-state index contributed by atoms with van der Waals surface area (Å²) in [5, 5.41) is 5.58. The zero-order chi connectivity index (χ0) is 25.3. The second-order valence-corrected chi connectivity index (χ2v) is 8.64. The van der Waals surface area contributed by atoms with E-state index >= 15 is 0 Å². The Morgan fingerprint density at radius 1 is 1.00 bits per heavy atom. The van der Waals surface area contributed by atoms with E-state index in [0.29, 0.717) is 24.4 Å². The lowest BCUT2D eigenvalue weighted by Crippen LogP contribution is -2.48. The largest absolute Gasteiger partial charge is 0.459 e. The standard InChI is InChI=1S/C28H31N3O5/c1-2-20-12-14-22(15-13-20)31(25(32)19-30-27(33)24-11-7-17-36-24)26(21-8-4-3-5-9-21)28(34)29-18-23-10-6-16-35-23/h3-5,7-9,11-15,17,23,26H,2,6,10,16,18-19H2,1H3,(H,29,34)(H,30,33)/t23-,26+/m0/s1. The highest BCUT2D eigenvalue weighted by Gasteiger charge is 2.33. The molecule has 2 heterocycles. The summed E-state index contributed by atoms with van der Waals surface area (Å²) < 4.78 is 10.8. The Kier molecular flexibility index (Phi) is 8.52. The molecule has 3 amide bonds. The number of hydrogen-bond acceptors (Lipinski definition) is 5. The maximum atomic E-state index is 13.6. The van der Waals surface area contributed by atoms with Crippen molar-refractivity contribution in [3.63, 3.8) is 0 Å². The molecule has 188 valence electrons. The first kappa shape index (κ1) is 25.2. The summed E-state index contributed by atoms with van der Waals surface area (Å²) in [6, 6.07) is 18.9. The maximum Gasteiger partial charge on any atom is 0.287 e. The topological polar surface area (TPSA) is 101 Å². The van der Waals surface area contributed by atoms with Gasteiger partial charge in [-0.05, 0) is 54.7 Å². The van der Waals surface area contributed by atoms with Gasteiger partial charge in [-0.3, -0.25) is 19.3 Å². The van der Waals surface area contributed by atoms with Crippen molar-refractivity contribution in [3.8, 4) is 0 Å². The molecule has 8 nitrogen and oxygen atoms in total. The van der Waals surface area contributed by atoms with Crippen LogP contribution in [0.5, 0.6) is 0 Å². The second kappa shape index (κ2) is 12.2. The molecule has 1 aliphatic heterocycles. The molecular formula is C28H31N3O5. The van der Waals surface area contributed by atoms with Crippen LogP contribution < -0.4 is 15.5 Å². The smallest absolute Gasteiger partial charge is 0.287 e. The van der Waals surface area contributed by atoms with E-state index in [9.17, 15) is 14.4 Å². The normalized spacial score (nSPS) is 15.8. The van der Waals surface area contributed by atoms with Crippen LogP contribution in [0, 0.1) is 0 Å². The summed E-state index contributed by atoms with van der Waals surface area (Å²) in [4.78, 5) is 41.1. The number of nitrogens with one attached hydrogen (secondary N) is 2. The fraction of sp³-hybridized carbons (Fsp3) is 0.321. The minimum absolute atomic E-state index is 0.0362. The first-order chi connectivity index (χ1) is 17.6. The number of rotatable bonds is 10. The number of aryl methyl sites for hydroxylation is 1. The van der Waals surface area contributed by atoms with Crippen LogP contribution in [0.25, 0.3) is 0 Å². The fourth-order valence-corrected chi connectivity index (χ4v) is 4.23. The van der Waals surface area contributed by atoms with Gasteiger partial charge in [-0.15, -0.1) is 0 Å². The van der Waals surface area contributed by atoms with E-state index in [1.807, 2.05) is 61.5 Å². The van der Waals surface area contributed by atoms with Gasteiger partial charge in [0.2, 0.25) is 11.8 Å². The van der Waals surface area contributed by atoms with Crippen LogP contribution in [0.4, 0.5) is 5.69 Å². The van der Waals surface area contributed by atoms with Crippen molar-refractivity contribution in [2.45, 2.75) is 38.3 Å². The molecule has 0 saturated carbocycles. The second-order valence-electron chi connectivity index (χ2n) is 8.64. The molecule has 1 saturated heterocycles. The quantitative estimate of drug-likeness (QED) is 0.453. The van der Waals surface area contributed by atoms with Gasteiger partial charge in [0, 0.05) is 18.8 Å². The lowest BCUT2D eigenvalue weighted by Gasteiger charge is -2.32. The molecule has 0 spiro atoms. The first-order valence-corrected chi connectivity index (χ1v) is 12.2. The van der Waals surface area contributed by atoms with Crippen molar-refractivity contribution in [3.05, 3.63) is 89.9 Å². The summed E-state index contributed by atoms with van der Waals surface area (Å²) in [7, 11) is 0. The van der Waals surface area contributed by atoms with Crippen LogP contribution in [-0.2, 0) is 20.7 Å². The third-order valence-corrected chi connectivity index (χ3v) is 6.19. The molecule has 0 unspecified atom stereocenters. The zero-order valence-electron chi connectivity index (χ0n) is 20.3. The average molecular weight is 490 g/mol. The minimum atomic E-state index is -0.937. The number of hydrogen-bond donors (Lipinski definition) is 2. The Morgan fingerprint density at radius 3 is 2.42 bits per heavy atom. The Bertz CT molecular complexity index is 1140. The first-order valence-electron chi connectivity index (χ1n) is 12.2. The van der Waals surface area contributed by atoms with E-state index in [2.05, 4.69) is 10.6 Å². The van der Waals surface area contributed by atoms with Crippen LogP contribution >= 0.6 is 0 Å². The van der Waals surface area contributed by atoms with Gasteiger partial charge in [0.05, 0.1) is 18.9 Å². The molecule has 1 aliphatic rings. The van der Waals surface area contributed by atoms with Gasteiger partial charge >= 0.3 is 0 Å². The SMILES string of the molecule is CCc1ccc(N(C(=O)CNC(=O)c2ccco2)[C@@H](C(=O)NC[C@@H]2CCCO2)c2ccccc2)cc1. The molecule has 2 N–H and O–H groups in total. The Balaban J connectivity index is 1.63. The van der Waals surface area contributed by atoms with Crippen molar-refractivity contribution >= 4 is 23.4 Å². The highest BCUT2D eigenvalue weighted by molar-refractivity contribution is 6.04. The fourth-order valence-electron chi connectivity index (χ4n) is 4.23. The van der Waals surface area contributed by atoms with Crippen molar-refractivity contribution in [2.75, 3.05) is 24.6 Å². The number of amides is 3. The number of benzene rings is 2. The molecule has 1 fully saturated rings. The van der Waals surface area contributed by atoms with Crippen molar-refractivity contribution in [2.24, 2.45) is 0 Å². The van der Waals surface area contributed by atoms with E-state index in [1.54, 1.807) is 6.07 Å². The van der Waals surface area contributed by atoms with Crippen molar-refractivity contribution < 1.29 is 23.5 Å². The Labute approximate surface area is 210 Å². The molecule has 2 atom stereocenters. The van der Waals surface area contributed by atoms with Gasteiger partial charge in [-0.2, -0.15) is 0 Å². The van der Waals surface area contributed by atoms with Gasteiger partial charge in [-0.1, -0.05) is 49.4 Å². The third kappa shape index (κ3) is 6.20. The predicted octanol–water partition coefficient (Wildman–Crippen LogP) is 3.64. The molecule has 8 heteroatoms. The molecule has 3 aromatic rings. The van der Waals surface area contributed by atoms with Gasteiger partial charge in [0.15, 0.2) is 5.76 Å². The summed E-state index contributed by atoms with van der Waals surface area (Å²) in [6.45, 7) is 2.80. The number of furan rings is 1. The number of carbonyl (C=O) groups is 3. The molecule has 0 radical (unpaired) electrons. The van der Waals surface area contributed by atoms with Gasteiger partial charge < -0.3 is 19.8 Å². The van der Waals surface area contributed by atoms with Crippen LogP contribution in [-0.4, -0.2) is 43.5 Å². The molecular weight excluding hydrogens is 458 g/mol. The predicted molar refractivity (Wildman–Crippen MR) is 136 cm³/mol. The zero-order valence-corrected chi connectivity index (χ0v) is 20.3. The van der Waals surface area contributed by atoms with Crippen LogP contribution in [0.15, 0.2) is 77.4 Å². The molecule has 36 heavy (non-hydrogen) atoms. The highest BCUT2D eigenvalue weighted by atomic mass is 16.5. The van der Waals surface area contributed by atoms with E-state index in [4.69, 9.17) is 9.15 Å². The Hall–Kier alpha value is -3.91. The van der Waals surface area contributed by atoms with Crippen molar-refractivity contribution in [1.82, 2.24) is 10.6 Å². The molecule has 4 rings (SSSR count). The number of anilines is 1. The van der Waals surface area contributed by atoms with Crippen LogP contribution in [0.2, 0.25) is 0 Å². The Morgan fingerprint density at radius 2 is 1.78 bits per heavy atom. The average Bonchev–Trinajstić information content (AvgIpc) is 3.64. The van der Waals surface area contributed by atoms with E-state index < -0.39 is 17.9 Å². The van der Waals surface area contributed by atoms with Crippen molar-refractivity contribution in [1.29, 1.82) is 0 Å². The van der Waals surface area contributed by atoms with Gasteiger partial charge in [-0.25, -0.2) is 0 Å². The molecule has 2 aromatic carbocycles. The summed E-state index contributed by atoms with van der Waals surface area (Å²) in [6.07, 6.45) is 4.05. The molecule has 1 aromatic heterocycles. The third-order valence-electron chi connectivity index (χ3n) is 6.19. The molecule has 0 bridgehead atoms. The minimum Gasteiger partial charge on any atom is -0.459 e. The lowest BCUT2D eigenvalue weighted by atomic mass is 10.0. The van der Waals surface area contributed by atoms with E-state index in [1.165, 1.54) is 17.2 Å². The van der Waals surface area contributed by atoms with E-state index in [0.717, 1.165) is 24.8 Å². The molecule has 0 aliphatic carbocycles. The monoisotopic (exact) mass is 489 g/mol.